The Morgan fingerprint density at radius 2 is 1.96 bits per heavy atom. The van der Waals surface area contributed by atoms with Crippen LogP contribution < -0.4 is 5.32 Å². The summed E-state index contributed by atoms with van der Waals surface area (Å²) < 4.78 is 37.9. The Morgan fingerprint density at radius 3 is 2.52 bits per heavy atom. The van der Waals surface area contributed by atoms with E-state index in [1.807, 2.05) is 0 Å². The van der Waals surface area contributed by atoms with E-state index in [9.17, 15) is 22.8 Å². The Balaban J connectivity index is 2.79. The molecule has 1 rings (SSSR count). The smallest absolute Gasteiger partial charge is 0.355 e. The molecule has 0 unspecified atom stereocenters. The minimum Gasteiger partial charge on any atom is -0.355 e. The number of halogens is 3. The Morgan fingerprint density at radius 1 is 1.26 bits per heavy atom. The number of carbonyl (C=O) groups excluding carboxylic acids is 2. The molecule has 0 heterocycles. The quantitative estimate of drug-likeness (QED) is 0.816. The molecule has 126 valence electrons. The van der Waals surface area contributed by atoms with Crippen molar-refractivity contribution < 1.29 is 22.8 Å². The second-order valence-electron chi connectivity index (χ2n) is 4.76. The summed E-state index contributed by atoms with van der Waals surface area (Å²) in [6.07, 6.45) is -1.96. The Hall–Kier alpha value is -2.31. The van der Waals surface area contributed by atoms with Gasteiger partial charge in [-0.05, 0) is 37.6 Å². The topological polar surface area (TPSA) is 49.4 Å². The number of hydrogen-bond acceptors (Lipinski definition) is 2. The van der Waals surface area contributed by atoms with Crippen LogP contribution in [0.1, 0.15) is 25.0 Å². The third-order valence-corrected chi connectivity index (χ3v) is 3.03. The summed E-state index contributed by atoms with van der Waals surface area (Å²) in [5.41, 5.74) is -0.510. The normalized spacial score (nSPS) is 11.5. The lowest BCUT2D eigenvalue weighted by molar-refractivity contribution is -0.137. The van der Waals surface area contributed by atoms with Crippen molar-refractivity contribution in [3.05, 3.63) is 41.5 Å². The highest BCUT2D eigenvalue weighted by Gasteiger charge is 2.30. The molecule has 23 heavy (non-hydrogen) atoms. The third kappa shape index (κ3) is 6.14. The first-order valence-electron chi connectivity index (χ1n) is 7.18. The van der Waals surface area contributed by atoms with Gasteiger partial charge in [0, 0.05) is 19.2 Å². The van der Waals surface area contributed by atoms with E-state index in [2.05, 4.69) is 5.32 Å². The average molecular weight is 328 g/mol. The molecule has 0 bridgehead atoms. The van der Waals surface area contributed by atoms with Crippen LogP contribution in [0.3, 0.4) is 0 Å². The van der Waals surface area contributed by atoms with Crippen molar-refractivity contribution in [2.75, 3.05) is 19.6 Å². The standard InChI is InChI=1S/C16H19F3N2O2/c1-3-20-14(22)11-21(4-2)15(23)9-8-12-6-5-7-13(10-12)16(17,18)19/h5-10H,3-4,11H2,1-2H3,(H,20,22)/b9-8+. The summed E-state index contributed by atoms with van der Waals surface area (Å²) in [5.74, 6) is -0.716. The SMILES string of the molecule is CCNC(=O)CN(CC)C(=O)/C=C/c1cccc(C(F)(F)F)c1. The Labute approximate surface area is 133 Å². The molecule has 0 aliphatic rings. The first kappa shape index (κ1) is 18.7. The fourth-order valence-corrected chi connectivity index (χ4v) is 1.86. The highest BCUT2D eigenvalue weighted by Crippen LogP contribution is 2.29. The van der Waals surface area contributed by atoms with Crippen molar-refractivity contribution in [3.8, 4) is 0 Å². The molecule has 0 spiro atoms. The zero-order chi connectivity index (χ0) is 17.5. The van der Waals surface area contributed by atoms with Crippen molar-refractivity contribution in [2.45, 2.75) is 20.0 Å². The van der Waals surface area contributed by atoms with Crippen LogP contribution in [0.15, 0.2) is 30.3 Å². The number of carbonyl (C=O) groups is 2. The molecule has 0 saturated heterocycles. The lowest BCUT2D eigenvalue weighted by atomic mass is 10.1. The molecule has 1 aromatic rings. The fraction of sp³-hybridized carbons (Fsp3) is 0.375. The van der Waals surface area contributed by atoms with Gasteiger partial charge in [0.05, 0.1) is 12.1 Å². The predicted octanol–water partition coefficient (Wildman–Crippen LogP) is 2.70. The monoisotopic (exact) mass is 328 g/mol. The van der Waals surface area contributed by atoms with E-state index >= 15 is 0 Å². The lowest BCUT2D eigenvalue weighted by Gasteiger charge is -2.18. The second-order valence-corrected chi connectivity index (χ2v) is 4.76. The van der Waals surface area contributed by atoms with Gasteiger partial charge in [0.1, 0.15) is 0 Å². The molecule has 2 amide bonds. The third-order valence-electron chi connectivity index (χ3n) is 3.03. The molecule has 0 radical (unpaired) electrons. The number of hydrogen-bond donors (Lipinski definition) is 1. The largest absolute Gasteiger partial charge is 0.416 e. The van der Waals surface area contributed by atoms with Crippen LogP contribution in [-0.2, 0) is 15.8 Å². The van der Waals surface area contributed by atoms with E-state index in [4.69, 9.17) is 0 Å². The van der Waals surface area contributed by atoms with Gasteiger partial charge in [-0.1, -0.05) is 12.1 Å². The van der Waals surface area contributed by atoms with Crippen LogP contribution in [0.2, 0.25) is 0 Å². The van der Waals surface area contributed by atoms with E-state index in [0.29, 0.717) is 13.1 Å². The Bertz CT molecular complexity index is 583. The zero-order valence-corrected chi connectivity index (χ0v) is 13.0. The second kappa shape index (κ2) is 8.36. The summed E-state index contributed by atoms with van der Waals surface area (Å²) in [6.45, 7) is 4.18. The first-order chi connectivity index (χ1) is 10.8. The average Bonchev–Trinajstić information content (AvgIpc) is 2.50. The van der Waals surface area contributed by atoms with Crippen LogP contribution in [-0.4, -0.2) is 36.3 Å². The van der Waals surface area contributed by atoms with Gasteiger partial charge >= 0.3 is 6.18 Å². The fourth-order valence-electron chi connectivity index (χ4n) is 1.86. The van der Waals surface area contributed by atoms with Crippen LogP contribution >= 0.6 is 0 Å². The zero-order valence-electron chi connectivity index (χ0n) is 13.0. The number of likely N-dealkylation sites (N-methyl/N-ethyl adjacent to an activating group) is 2. The predicted molar refractivity (Wildman–Crippen MR) is 81.4 cm³/mol. The molecule has 0 atom stereocenters. The van der Waals surface area contributed by atoms with E-state index in [1.165, 1.54) is 23.1 Å². The molecule has 0 aromatic heterocycles. The molecule has 1 N–H and O–H groups in total. The Kier molecular flexibility index (Phi) is 6.81. The van der Waals surface area contributed by atoms with E-state index in [0.717, 1.165) is 18.2 Å². The number of amides is 2. The highest BCUT2D eigenvalue weighted by atomic mass is 19.4. The van der Waals surface area contributed by atoms with Gasteiger partial charge in [0.2, 0.25) is 11.8 Å². The van der Waals surface area contributed by atoms with E-state index < -0.39 is 17.6 Å². The molecule has 0 aliphatic heterocycles. The number of rotatable bonds is 6. The minimum atomic E-state index is -4.43. The molecule has 0 aliphatic carbocycles. The summed E-state index contributed by atoms with van der Waals surface area (Å²) in [5, 5.41) is 2.58. The van der Waals surface area contributed by atoms with Crippen molar-refractivity contribution in [2.24, 2.45) is 0 Å². The lowest BCUT2D eigenvalue weighted by Crippen LogP contribution is -2.39. The maximum Gasteiger partial charge on any atom is 0.416 e. The van der Waals surface area contributed by atoms with Crippen LogP contribution in [0.4, 0.5) is 13.2 Å². The van der Waals surface area contributed by atoms with E-state index in [-0.39, 0.29) is 18.0 Å². The molecule has 4 nitrogen and oxygen atoms in total. The summed E-state index contributed by atoms with van der Waals surface area (Å²) in [6, 6.07) is 4.68. The van der Waals surface area contributed by atoms with Gasteiger partial charge in [0.25, 0.3) is 0 Å². The molecule has 0 fully saturated rings. The van der Waals surface area contributed by atoms with Gasteiger partial charge in [-0.15, -0.1) is 0 Å². The number of nitrogens with zero attached hydrogens (tertiary/aromatic N) is 1. The van der Waals surface area contributed by atoms with Gasteiger partial charge < -0.3 is 10.2 Å². The van der Waals surface area contributed by atoms with Gasteiger partial charge in [-0.2, -0.15) is 13.2 Å². The van der Waals surface area contributed by atoms with Crippen molar-refractivity contribution in [1.82, 2.24) is 10.2 Å². The summed E-state index contributed by atoms with van der Waals surface area (Å²) in [4.78, 5) is 24.8. The van der Waals surface area contributed by atoms with Crippen molar-refractivity contribution in [1.29, 1.82) is 0 Å². The first-order valence-corrected chi connectivity index (χ1v) is 7.18. The van der Waals surface area contributed by atoms with Crippen molar-refractivity contribution >= 4 is 17.9 Å². The minimum absolute atomic E-state index is 0.0872. The molecule has 1 aromatic carbocycles. The van der Waals surface area contributed by atoms with Crippen LogP contribution in [0.25, 0.3) is 6.08 Å². The van der Waals surface area contributed by atoms with Crippen LogP contribution in [0, 0.1) is 0 Å². The van der Waals surface area contributed by atoms with Crippen molar-refractivity contribution in [3.63, 3.8) is 0 Å². The number of benzene rings is 1. The summed E-state index contributed by atoms with van der Waals surface area (Å²) >= 11 is 0. The maximum absolute atomic E-state index is 12.6. The van der Waals surface area contributed by atoms with Gasteiger partial charge in [0.15, 0.2) is 0 Å². The maximum atomic E-state index is 12.6. The number of alkyl halides is 3. The molecule has 0 saturated carbocycles. The van der Waals surface area contributed by atoms with Gasteiger partial charge in [-0.25, -0.2) is 0 Å². The molecule has 7 heteroatoms. The highest BCUT2D eigenvalue weighted by molar-refractivity contribution is 5.94. The van der Waals surface area contributed by atoms with E-state index in [1.54, 1.807) is 13.8 Å². The van der Waals surface area contributed by atoms with Crippen LogP contribution in [0.5, 0.6) is 0 Å². The van der Waals surface area contributed by atoms with Gasteiger partial charge in [-0.3, -0.25) is 9.59 Å². The summed E-state index contributed by atoms with van der Waals surface area (Å²) in [7, 11) is 0. The molecular formula is C16H19F3N2O2. The molecular weight excluding hydrogens is 309 g/mol. The number of nitrogens with one attached hydrogen (secondary N) is 1.